The van der Waals surface area contributed by atoms with Crippen LogP contribution in [0.5, 0.6) is 0 Å². The second-order valence-corrected chi connectivity index (χ2v) is 13.1. The molecule has 0 aliphatic heterocycles. The van der Waals surface area contributed by atoms with Gasteiger partial charge in [-0.2, -0.15) is 22.2 Å². The predicted molar refractivity (Wildman–Crippen MR) is 105 cm³/mol. The Morgan fingerprint density at radius 1 is 0.870 bits per heavy atom. The smallest absolute Gasteiger partial charge is 0.237 e. The first-order chi connectivity index (χ1) is 11.2. The molecule has 0 N–H and O–H groups in total. The van der Waals surface area contributed by atoms with E-state index in [0.29, 0.717) is 6.10 Å². The first kappa shape index (κ1) is 20.1. The average molecular weight is 379 g/mol. The summed E-state index contributed by atoms with van der Waals surface area (Å²) < 4.78 is 6.04. The molecule has 2 aliphatic rings. The Morgan fingerprint density at radius 2 is 1.48 bits per heavy atom. The van der Waals surface area contributed by atoms with Gasteiger partial charge < -0.3 is 4.74 Å². The number of halogens is 2. The van der Waals surface area contributed by atoms with E-state index in [2.05, 4.69) is 6.92 Å². The largest absolute Gasteiger partial charge is 0.378 e. The van der Waals surface area contributed by atoms with Gasteiger partial charge in [0.2, 0.25) is 7.42 Å². The summed E-state index contributed by atoms with van der Waals surface area (Å²) in [6.07, 6.45) is 17.2. The van der Waals surface area contributed by atoms with Crippen LogP contribution in [0.15, 0.2) is 0 Å². The third kappa shape index (κ3) is 7.67. The number of ether oxygens (including phenoxy) is 1. The molecular weight excluding hydrogens is 343 g/mol. The van der Waals surface area contributed by atoms with Crippen LogP contribution in [0.3, 0.4) is 0 Å². The molecule has 0 aromatic carbocycles. The highest BCUT2D eigenvalue weighted by atomic mass is 35.7. The molecular formula is C19H36Cl2OSi. The molecule has 0 aromatic heterocycles. The van der Waals surface area contributed by atoms with E-state index < -0.39 is 7.42 Å². The molecule has 0 radical (unpaired) electrons. The van der Waals surface area contributed by atoms with Gasteiger partial charge in [-0.05, 0) is 68.7 Å². The molecule has 2 saturated carbocycles. The second-order valence-electron chi connectivity index (χ2n) is 7.86. The van der Waals surface area contributed by atoms with Gasteiger partial charge in [-0.1, -0.05) is 39.0 Å². The normalized spacial score (nSPS) is 32.3. The van der Waals surface area contributed by atoms with Crippen LogP contribution >= 0.6 is 22.2 Å². The lowest BCUT2D eigenvalue weighted by Gasteiger charge is -2.37. The molecule has 4 heteroatoms. The Balaban J connectivity index is 1.56. The van der Waals surface area contributed by atoms with E-state index >= 15 is 0 Å². The molecule has 0 spiro atoms. The van der Waals surface area contributed by atoms with Gasteiger partial charge >= 0.3 is 0 Å². The van der Waals surface area contributed by atoms with Gasteiger partial charge in [0.1, 0.15) is 0 Å². The third-order valence-electron chi connectivity index (χ3n) is 6.16. The van der Waals surface area contributed by atoms with E-state index in [0.717, 1.165) is 36.8 Å². The minimum atomic E-state index is -1.42. The number of hydrogen-bond acceptors (Lipinski definition) is 1. The van der Waals surface area contributed by atoms with Gasteiger partial charge in [0, 0.05) is 6.61 Å². The van der Waals surface area contributed by atoms with Gasteiger partial charge in [-0.25, -0.2) is 0 Å². The maximum absolute atomic E-state index is 6.04. The van der Waals surface area contributed by atoms with Crippen LogP contribution in [0.2, 0.25) is 6.04 Å². The zero-order valence-corrected chi connectivity index (χ0v) is 17.6. The van der Waals surface area contributed by atoms with Crippen molar-refractivity contribution in [2.24, 2.45) is 17.8 Å². The summed E-state index contributed by atoms with van der Waals surface area (Å²) in [7, 11) is -1.42. The number of rotatable bonds is 9. The van der Waals surface area contributed by atoms with Crippen molar-refractivity contribution in [1.82, 2.24) is 0 Å². The van der Waals surface area contributed by atoms with E-state index in [9.17, 15) is 0 Å². The summed E-state index contributed by atoms with van der Waals surface area (Å²) in [6.45, 7) is 3.18. The SMILES string of the molecule is CCCC[C@H]1CC[C@H]([C@H]2CC[C@H](OCCC[SiH](Cl)Cl)CC2)CC1. The first-order valence-electron chi connectivity index (χ1n) is 10.1. The van der Waals surface area contributed by atoms with E-state index in [1.54, 1.807) is 0 Å². The minimum Gasteiger partial charge on any atom is -0.378 e. The number of hydrogen-bond donors (Lipinski definition) is 0. The molecule has 2 rings (SSSR count). The molecule has 2 aliphatic carbocycles. The third-order valence-corrected chi connectivity index (χ3v) is 8.32. The van der Waals surface area contributed by atoms with Gasteiger partial charge in [0.25, 0.3) is 0 Å². The van der Waals surface area contributed by atoms with Gasteiger partial charge in [0.15, 0.2) is 0 Å². The highest BCUT2D eigenvalue weighted by molar-refractivity contribution is 7.33. The van der Waals surface area contributed by atoms with Crippen molar-refractivity contribution in [3.63, 3.8) is 0 Å². The van der Waals surface area contributed by atoms with Crippen LogP contribution in [0, 0.1) is 17.8 Å². The second kappa shape index (κ2) is 11.4. The van der Waals surface area contributed by atoms with Crippen molar-refractivity contribution in [2.45, 2.75) is 96.1 Å². The summed E-state index contributed by atoms with van der Waals surface area (Å²) >= 11 is 11.8. The van der Waals surface area contributed by atoms with Crippen LogP contribution in [-0.2, 0) is 4.74 Å². The Kier molecular flexibility index (Phi) is 9.94. The quantitative estimate of drug-likeness (QED) is 0.248. The van der Waals surface area contributed by atoms with Crippen LogP contribution in [-0.4, -0.2) is 20.1 Å². The highest BCUT2D eigenvalue weighted by Crippen LogP contribution is 2.41. The summed E-state index contributed by atoms with van der Waals surface area (Å²) in [5.74, 6) is 3.06. The van der Waals surface area contributed by atoms with Crippen molar-refractivity contribution in [3.8, 4) is 0 Å². The lowest BCUT2D eigenvalue weighted by atomic mass is 9.70. The summed E-state index contributed by atoms with van der Waals surface area (Å²) in [5.41, 5.74) is 0. The highest BCUT2D eigenvalue weighted by Gasteiger charge is 2.30. The lowest BCUT2D eigenvalue weighted by Crippen LogP contribution is -2.28. The van der Waals surface area contributed by atoms with E-state index in [4.69, 9.17) is 26.9 Å². The van der Waals surface area contributed by atoms with Crippen molar-refractivity contribution in [3.05, 3.63) is 0 Å². The van der Waals surface area contributed by atoms with Crippen LogP contribution < -0.4 is 0 Å². The molecule has 0 amide bonds. The van der Waals surface area contributed by atoms with Crippen LogP contribution in [0.1, 0.15) is 84.0 Å². The topological polar surface area (TPSA) is 9.23 Å². The molecule has 1 nitrogen and oxygen atoms in total. The summed E-state index contributed by atoms with van der Waals surface area (Å²) in [5, 5.41) is 0. The standard InChI is InChI=1S/C19H36Cl2OSi/c1-2-3-5-16-6-8-17(9-7-16)18-10-12-19(13-11-18)22-14-4-15-23(20)21/h16-19,23H,2-15H2,1H3/t16-,17-,18-,19-. The van der Waals surface area contributed by atoms with Crippen molar-refractivity contribution >= 4 is 29.6 Å². The fourth-order valence-electron chi connectivity index (χ4n) is 4.66. The Morgan fingerprint density at radius 3 is 2.04 bits per heavy atom. The van der Waals surface area contributed by atoms with Crippen molar-refractivity contribution < 1.29 is 4.74 Å². The Bertz CT molecular complexity index is 298. The van der Waals surface area contributed by atoms with Crippen molar-refractivity contribution in [1.29, 1.82) is 0 Å². The fourth-order valence-corrected chi connectivity index (χ4v) is 6.06. The molecule has 0 bridgehead atoms. The average Bonchev–Trinajstić information content (AvgIpc) is 2.58. The maximum Gasteiger partial charge on any atom is 0.237 e. The summed E-state index contributed by atoms with van der Waals surface area (Å²) in [4.78, 5) is 0. The first-order valence-corrected chi connectivity index (χ1v) is 14.4. The molecule has 2 fully saturated rings. The van der Waals surface area contributed by atoms with E-state index in [1.165, 1.54) is 70.6 Å². The zero-order valence-electron chi connectivity index (χ0n) is 15.0. The maximum atomic E-state index is 6.04. The molecule has 0 aromatic rings. The number of unbranched alkanes of at least 4 members (excludes halogenated alkanes) is 1. The zero-order chi connectivity index (χ0) is 16.5. The monoisotopic (exact) mass is 378 g/mol. The van der Waals surface area contributed by atoms with Crippen LogP contribution in [0.4, 0.5) is 0 Å². The molecule has 0 atom stereocenters. The lowest BCUT2D eigenvalue weighted by molar-refractivity contribution is 0.00728. The molecule has 0 heterocycles. The van der Waals surface area contributed by atoms with Gasteiger partial charge in [-0.15, -0.1) is 0 Å². The minimum absolute atomic E-state index is 0.512. The predicted octanol–water partition coefficient (Wildman–Crippen LogP) is 6.65. The van der Waals surface area contributed by atoms with Gasteiger partial charge in [0.05, 0.1) is 6.10 Å². The van der Waals surface area contributed by atoms with E-state index in [-0.39, 0.29) is 0 Å². The molecule has 0 saturated heterocycles. The Labute approximate surface area is 154 Å². The summed E-state index contributed by atoms with van der Waals surface area (Å²) in [6, 6.07) is 0.986. The fraction of sp³-hybridized carbons (Fsp3) is 1.00. The van der Waals surface area contributed by atoms with Crippen molar-refractivity contribution in [2.75, 3.05) is 6.61 Å². The molecule has 136 valence electrons. The molecule has 0 unspecified atom stereocenters. The Hall–Kier alpha value is 0.757. The van der Waals surface area contributed by atoms with E-state index in [1.807, 2.05) is 0 Å². The van der Waals surface area contributed by atoms with Gasteiger partial charge in [-0.3, -0.25) is 0 Å². The molecule has 23 heavy (non-hydrogen) atoms. The van der Waals surface area contributed by atoms with Crippen LogP contribution in [0.25, 0.3) is 0 Å².